The summed E-state index contributed by atoms with van der Waals surface area (Å²) < 4.78 is 0. The van der Waals surface area contributed by atoms with Gasteiger partial charge in [0, 0.05) is 74.9 Å². The van der Waals surface area contributed by atoms with Gasteiger partial charge in [-0.15, -0.1) is 0 Å². The summed E-state index contributed by atoms with van der Waals surface area (Å²) in [4.78, 5) is 95.3. The summed E-state index contributed by atoms with van der Waals surface area (Å²) >= 11 is 7.48. The fourth-order valence-corrected chi connectivity index (χ4v) is 8.63. The Labute approximate surface area is 356 Å². The molecule has 4 aromatic rings. The summed E-state index contributed by atoms with van der Waals surface area (Å²) in [5.41, 5.74) is 3.11. The van der Waals surface area contributed by atoms with Gasteiger partial charge in [-0.1, -0.05) is 60.4 Å². The molecule has 0 spiro atoms. The minimum Gasteiger partial charge on any atom is -0.353 e. The Kier molecular flexibility index (Phi) is 13.3. The third-order valence-corrected chi connectivity index (χ3v) is 12.1. The molecule has 2 saturated heterocycles. The molecule has 2 aromatic heterocycles. The second kappa shape index (κ2) is 19.0. The SMILES string of the molecule is Cc1nc(Nc2ncc(C(=O)Nc3c(C)cccc3Cl)s2)cc(N2CCN(C(=O)CCCCCCCC(=O)Nc3cccc4c3CN(C3CCC(=O)NC3=O)C4=O)CC2)n1. The van der Waals surface area contributed by atoms with Crippen molar-refractivity contribution in [1.82, 2.24) is 30.1 Å². The first-order chi connectivity index (χ1) is 28.9. The summed E-state index contributed by atoms with van der Waals surface area (Å²) in [7, 11) is 0. The number of halogens is 1. The van der Waals surface area contributed by atoms with Crippen LogP contribution in [0.5, 0.6) is 0 Å². The number of unbranched alkanes of at least 4 members (excludes halogenated alkanes) is 4. The van der Waals surface area contributed by atoms with E-state index in [-0.39, 0.29) is 48.9 Å². The average Bonchev–Trinajstić information content (AvgIpc) is 3.83. The van der Waals surface area contributed by atoms with E-state index < -0.39 is 11.9 Å². The highest BCUT2D eigenvalue weighted by atomic mass is 35.5. The third kappa shape index (κ3) is 10.1. The van der Waals surface area contributed by atoms with Crippen molar-refractivity contribution in [3.63, 3.8) is 0 Å². The molecular formula is C42H47ClN10O6S. The summed E-state index contributed by atoms with van der Waals surface area (Å²) in [6.07, 6.45) is 6.89. The molecule has 6 amide bonds. The fraction of sp³-hybridized carbons (Fsp3) is 0.405. The van der Waals surface area contributed by atoms with Gasteiger partial charge in [-0.25, -0.2) is 15.0 Å². The monoisotopic (exact) mass is 854 g/mol. The molecule has 3 aliphatic heterocycles. The highest BCUT2D eigenvalue weighted by molar-refractivity contribution is 7.17. The first kappa shape index (κ1) is 42.2. The molecule has 0 aliphatic carbocycles. The van der Waals surface area contributed by atoms with Crippen molar-refractivity contribution < 1.29 is 28.8 Å². The number of thiazole rings is 1. The van der Waals surface area contributed by atoms with E-state index >= 15 is 0 Å². The Hall–Kier alpha value is -5.94. The first-order valence-electron chi connectivity index (χ1n) is 20.2. The molecule has 3 aliphatic rings. The number of aryl methyl sites for hydroxylation is 2. The Bertz CT molecular complexity index is 2290. The van der Waals surface area contributed by atoms with Crippen LogP contribution < -0.4 is 26.2 Å². The number of fused-ring (bicyclic) bond motifs is 1. The molecule has 7 rings (SSSR count). The third-order valence-electron chi connectivity index (χ3n) is 10.9. The van der Waals surface area contributed by atoms with Crippen LogP contribution in [0.1, 0.15) is 94.8 Å². The van der Waals surface area contributed by atoms with E-state index in [2.05, 4.69) is 41.1 Å². The molecular weight excluding hydrogens is 808 g/mol. The molecule has 0 saturated carbocycles. The molecule has 1 unspecified atom stereocenters. The van der Waals surface area contributed by atoms with E-state index in [4.69, 9.17) is 11.6 Å². The van der Waals surface area contributed by atoms with Gasteiger partial charge in [0.2, 0.25) is 23.6 Å². The standard InChI is InChI=1S/C42H47ClN10O6S/c1-25-10-8-12-29(43)38(25)50-40(58)32-23-44-42(60-32)48-33-22-34(46-26(2)45-33)51-18-20-52(21-19-51)37(56)15-7-5-3-4-6-14-35(54)47-30-13-9-11-27-28(30)24-53(41(27)59)31-16-17-36(55)49-39(31)57/h8-13,22-23,31H,3-7,14-21,24H2,1-2H3,(H,47,54)(H,50,58)(H,49,55,57)(H,44,45,46,48). The number of nitrogens with one attached hydrogen (secondary N) is 4. The quantitative estimate of drug-likeness (QED) is 0.0811. The second-order valence-electron chi connectivity index (χ2n) is 15.1. The van der Waals surface area contributed by atoms with E-state index in [1.807, 2.05) is 36.9 Å². The number of carbonyl (C=O) groups is 6. The number of piperidine rings is 1. The number of anilines is 5. The molecule has 60 heavy (non-hydrogen) atoms. The van der Waals surface area contributed by atoms with Gasteiger partial charge in [-0.2, -0.15) is 0 Å². The molecule has 2 aromatic carbocycles. The van der Waals surface area contributed by atoms with Crippen LogP contribution >= 0.6 is 22.9 Å². The molecule has 16 nitrogen and oxygen atoms in total. The van der Waals surface area contributed by atoms with E-state index in [1.165, 1.54) is 22.4 Å². The maximum absolute atomic E-state index is 13.1. The Balaban J connectivity index is 0.789. The molecule has 2 fully saturated rings. The van der Waals surface area contributed by atoms with Crippen molar-refractivity contribution in [2.45, 2.75) is 84.2 Å². The van der Waals surface area contributed by atoms with E-state index in [1.54, 1.807) is 24.3 Å². The van der Waals surface area contributed by atoms with Crippen molar-refractivity contribution in [1.29, 1.82) is 0 Å². The highest BCUT2D eigenvalue weighted by Crippen LogP contribution is 2.33. The molecule has 1 atom stereocenters. The number of rotatable bonds is 15. The van der Waals surface area contributed by atoms with Crippen LogP contribution in [0.25, 0.3) is 0 Å². The van der Waals surface area contributed by atoms with Crippen molar-refractivity contribution >= 4 is 86.5 Å². The van der Waals surface area contributed by atoms with Gasteiger partial charge in [-0.05, 0) is 56.9 Å². The molecule has 0 radical (unpaired) electrons. The largest absolute Gasteiger partial charge is 0.353 e. The van der Waals surface area contributed by atoms with Crippen LogP contribution in [-0.4, -0.2) is 92.4 Å². The maximum Gasteiger partial charge on any atom is 0.267 e. The lowest BCUT2D eigenvalue weighted by atomic mass is 10.0. The Morgan fingerprint density at radius 3 is 2.43 bits per heavy atom. The minimum atomic E-state index is -0.716. The number of hydrogen-bond acceptors (Lipinski definition) is 12. The Morgan fingerprint density at radius 1 is 0.917 bits per heavy atom. The number of aromatic nitrogens is 3. The number of nitrogens with zero attached hydrogens (tertiary/aromatic N) is 6. The van der Waals surface area contributed by atoms with Crippen LogP contribution in [0.15, 0.2) is 48.7 Å². The smallest absolute Gasteiger partial charge is 0.267 e. The molecule has 18 heteroatoms. The van der Waals surface area contributed by atoms with Gasteiger partial charge in [0.25, 0.3) is 11.8 Å². The highest BCUT2D eigenvalue weighted by Gasteiger charge is 2.40. The Morgan fingerprint density at radius 2 is 1.67 bits per heavy atom. The van der Waals surface area contributed by atoms with Crippen molar-refractivity contribution in [3.8, 4) is 0 Å². The van der Waals surface area contributed by atoms with Crippen LogP contribution in [0, 0.1) is 13.8 Å². The topological polar surface area (TPSA) is 199 Å². The number of piperazine rings is 1. The zero-order valence-corrected chi connectivity index (χ0v) is 35.1. The van der Waals surface area contributed by atoms with E-state index in [0.29, 0.717) is 94.6 Å². The van der Waals surface area contributed by atoms with Crippen LogP contribution in [-0.2, 0) is 25.7 Å². The molecule has 5 heterocycles. The minimum absolute atomic E-state index is 0.133. The van der Waals surface area contributed by atoms with Crippen molar-refractivity contribution in [2.24, 2.45) is 0 Å². The van der Waals surface area contributed by atoms with Crippen LogP contribution in [0.4, 0.5) is 28.1 Å². The van der Waals surface area contributed by atoms with Crippen LogP contribution in [0.2, 0.25) is 5.02 Å². The lowest BCUT2D eigenvalue weighted by Gasteiger charge is -2.35. The van der Waals surface area contributed by atoms with Crippen molar-refractivity contribution in [3.05, 3.63) is 81.1 Å². The maximum atomic E-state index is 13.1. The number of hydrogen-bond donors (Lipinski definition) is 4. The summed E-state index contributed by atoms with van der Waals surface area (Å²) in [6.45, 7) is 6.32. The summed E-state index contributed by atoms with van der Waals surface area (Å²) in [5.74, 6) is 0.464. The summed E-state index contributed by atoms with van der Waals surface area (Å²) in [6, 6.07) is 11.7. The predicted molar refractivity (Wildman–Crippen MR) is 229 cm³/mol. The first-order valence-corrected chi connectivity index (χ1v) is 21.4. The fourth-order valence-electron chi connectivity index (χ4n) is 7.64. The number of amides is 6. The number of imide groups is 1. The number of carbonyl (C=O) groups excluding carboxylic acids is 6. The van der Waals surface area contributed by atoms with Crippen molar-refractivity contribution in [2.75, 3.05) is 47.0 Å². The van der Waals surface area contributed by atoms with Gasteiger partial charge in [0.05, 0.1) is 16.9 Å². The van der Waals surface area contributed by atoms with Crippen LogP contribution in [0.3, 0.4) is 0 Å². The zero-order chi connectivity index (χ0) is 42.3. The van der Waals surface area contributed by atoms with Gasteiger partial charge < -0.3 is 30.7 Å². The second-order valence-corrected chi connectivity index (χ2v) is 16.6. The molecule has 4 N–H and O–H groups in total. The lowest BCUT2D eigenvalue weighted by molar-refractivity contribution is -0.137. The molecule has 0 bridgehead atoms. The summed E-state index contributed by atoms with van der Waals surface area (Å²) in [5, 5.41) is 12.3. The number of para-hydroxylation sites is 1. The van der Waals surface area contributed by atoms with E-state index in [0.717, 1.165) is 37.1 Å². The van der Waals surface area contributed by atoms with Gasteiger partial charge in [0.15, 0.2) is 5.13 Å². The van der Waals surface area contributed by atoms with E-state index in [9.17, 15) is 28.8 Å². The molecule has 314 valence electrons. The average molecular weight is 855 g/mol. The number of benzene rings is 2. The lowest BCUT2D eigenvalue weighted by Crippen LogP contribution is -2.52. The predicted octanol–water partition coefficient (Wildman–Crippen LogP) is 5.98. The zero-order valence-electron chi connectivity index (χ0n) is 33.5. The van der Waals surface area contributed by atoms with Gasteiger partial charge in [0.1, 0.15) is 28.4 Å². The van der Waals surface area contributed by atoms with Gasteiger partial charge >= 0.3 is 0 Å². The normalized spacial score (nSPS) is 16.4. The van der Waals surface area contributed by atoms with Gasteiger partial charge in [-0.3, -0.25) is 34.1 Å².